The minimum atomic E-state index is -4.02. The van der Waals surface area contributed by atoms with Crippen molar-refractivity contribution in [2.45, 2.75) is 44.9 Å². The number of anilines is 1. The lowest BCUT2D eigenvalue weighted by atomic mass is 10.2. The zero-order chi connectivity index (χ0) is 22.8. The summed E-state index contributed by atoms with van der Waals surface area (Å²) in [4.78, 5) is 29.5. The number of rotatable bonds is 7. The summed E-state index contributed by atoms with van der Waals surface area (Å²) in [5.41, 5.74) is 1.77. The minimum absolute atomic E-state index is 0.0806. The van der Waals surface area contributed by atoms with E-state index < -0.39 is 21.7 Å². The van der Waals surface area contributed by atoms with E-state index in [1.54, 1.807) is 37.8 Å². The van der Waals surface area contributed by atoms with Crippen molar-refractivity contribution in [3.8, 4) is 0 Å². The van der Waals surface area contributed by atoms with Gasteiger partial charge in [-0.05, 0) is 51.3 Å². The number of likely N-dealkylation sites (tertiary alicyclic amines) is 1. The number of benzene rings is 1. The van der Waals surface area contributed by atoms with Crippen LogP contribution in [-0.4, -0.2) is 49.8 Å². The second kappa shape index (κ2) is 9.19. The Morgan fingerprint density at radius 2 is 1.81 bits per heavy atom. The van der Waals surface area contributed by atoms with E-state index in [4.69, 9.17) is 0 Å². The van der Waals surface area contributed by atoms with Gasteiger partial charge in [-0.25, -0.2) is 17.5 Å². The molecule has 1 aromatic heterocycles. The van der Waals surface area contributed by atoms with Gasteiger partial charge in [-0.1, -0.05) is 6.07 Å². The Kier molecular flexibility index (Phi) is 6.80. The number of aryl methyl sites for hydroxylation is 3. The molecule has 1 aliphatic rings. The number of H-pyrrole nitrogens is 1. The van der Waals surface area contributed by atoms with Crippen LogP contribution in [0, 0.1) is 26.6 Å². The van der Waals surface area contributed by atoms with Crippen molar-refractivity contribution in [1.82, 2.24) is 14.6 Å². The lowest BCUT2D eigenvalue weighted by molar-refractivity contribution is -0.116. The van der Waals surface area contributed by atoms with Crippen molar-refractivity contribution in [3.05, 3.63) is 46.5 Å². The molecule has 0 radical (unpaired) electrons. The predicted octanol–water partition coefficient (Wildman–Crippen LogP) is 2.62. The van der Waals surface area contributed by atoms with Crippen LogP contribution in [0.1, 0.15) is 46.6 Å². The lowest BCUT2D eigenvalue weighted by Gasteiger charge is -2.17. The first-order chi connectivity index (χ1) is 14.6. The van der Waals surface area contributed by atoms with Gasteiger partial charge in [0.1, 0.15) is 10.7 Å². The normalized spacial score (nSPS) is 14.1. The second-order valence-corrected chi connectivity index (χ2v) is 9.44. The van der Waals surface area contributed by atoms with E-state index in [1.165, 1.54) is 6.07 Å². The molecule has 8 nitrogen and oxygen atoms in total. The number of nitrogens with one attached hydrogen (secondary N) is 3. The van der Waals surface area contributed by atoms with Crippen LogP contribution in [-0.2, 0) is 14.8 Å². The first kappa shape index (κ1) is 23.0. The zero-order valence-corrected chi connectivity index (χ0v) is 18.7. The molecule has 1 aromatic carbocycles. The maximum Gasteiger partial charge on any atom is 0.257 e. The van der Waals surface area contributed by atoms with Crippen LogP contribution < -0.4 is 10.0 Å². The standard InChI is InChI=1S/C21H27FN4O4S/c1-13-6-7-16(12-17(13)22)25-18(27)8-9-23-31(29,30)20-15(3)24-14(2)19(20)21(28)26-10-4-5-11-26/h6-7,12,23-24H,4-5,8-11H2,1-3H3,(H,25,27). The van der Waals surface area contributed by atoms with Crippen molar-refractivity contribution >= 4 is 27.5 Å². The number of amides is 2. The molecule has 2 heterocycles. The third-order valence-electron chi connectivity index (χ3n) is 5.29. The number of aromatic nitrogens is 1. The fourth-order valence-corrected chi connectivity index (χ4v) is 5.17. The largest absolute Gasteiger partial charge is 0.361 e. The maximum absolute atomic E-state index is 13.6. The van der Waals surface area contributed by atoms with Gasteiger partial charge in [-0.2, -0.15) is 0 Å². The number of aromatic amines is 1. The highest BCUT2D eigenvalue weighted by Gasteiger charge is 2.32. The molecule has 10 heteroatoms. The molecular weight excluding hydrogens is 423 g/mol. The number of hydrogen-bond acceptors (Lipinski definition) is 4. The van der Waals surface area contributed by atoms with Crippen LogP contribution in [0.4, 0.5) is 10.1 Å². The number of carbonyl (C=O) groups excluding carboxylic acids is 2. The van der Waals surface area contributed by atoms with Crippen LogP contribution in [0.15, 0.2) is 23.1 Å². The summed E-state index contributed by atoms with van der Waals surface area (Å²) in [7, 11) is -4.02. The first-order valence-electron chi connectivity index (χ1n) is 10.1. The Hall–Kier alpha value is -2.72. The summed E-state index contributed by atoms with van der Waals surface area (Å²) in [6.07, 6.45) is 1.65. The zero-order valence-electron chi connectivity index (χ0n) is 17.8. The Bertz CT molecular complexity index is 1100. The Morgan fingerprint density at radius 1 is 1.13 bits per heavy atom. The summed E-state index contributed by atoms with van der Waals surface area (Å²) in [5, 5.41) is 2.54. The minimum Gasteiger partial charge on any atom is -0.361 e. The van der Waals surface area contributed by atoms with Crippen molar-refractivity contribution < 1.29 is 22.4 Å². The highest BCUT2D eigenvalue weighted by molar-refractivity contribution is 7.89. The van der Waals surface area contributed by atoms with Gasteiger partial charge < -0.3 is 15.2 Å². The van der Waals surface area contributed by atoms with Gasteiger partial charge in [0.2, 0.25) is 15.9 Å². The van der Waals surface area contributed by atoms with Crippen LogP contribution >= 0.6 is 0 Å². The first-order valence-corrected chi connectivity index (χ1v) is 11.6. The third kappa shape index (κ3) is 5.13. The van der Waals surface area contributed by atoms with Crippen LogP contribution in [0.3, 0.4) is 0 Å². The van der Waals surface area contributed by atoms with Crippen LogP contribution in [0.25, 0.3) is 0 Å². The molecule has 31 heavy (non-hydrogen) atoms. The molecule has 2 amide bonds. The molecule has 3 N–H and O–H groups in total. The fraction of sp³-hybridized carbons (Fsp3) is 0.429. The Labute approximate surface area is 181 Å². The average Bonchev–Trinajstić information content (AvgIpc) is 3.32. The van der Waals surface area contributed by atoms with Gasteiger partial charge >= 0.3 is 0 Å². The van der Waals surface area contributed by atoms with E-state index in [-0.39, 0.29) is 29.3 Å². The summed E-state index contributed by atoms with van der Waals surface area (Å²) in [5.74, 6) is -1.20. The Balaban J connectivity index is 1.67. The van der Waals surface area contributed by atoms with E-state index >= 15 is 0 Å². The topological polar surface area (TPSA) is 111 Å². The summed E-state index contributed by atoms with van der Waals surface area (Å²) in [6, 6.07) is 4.33. The van der Waals surface area contributed by atoms with Crippen LogP contribution in [0.5, 0.6) is 0 Å². The highest BCUT2D eigenvalue weighted by Crippen LogP contribution is 2.26. The summed E-state index contributed by atoms with van der Waals surface area (Å²) >= 11 is 0. The number of sulfonamides is 1. The van der Waals surface area contributed by atoms with E-state index in [0.717, 1.165) is 12.8 Å². The van der Waals surface area contributed by atoms with E-state index in [1.807, 2.05) is 0 Å². The molecule has 0 unspecified atom stereocenters. The number of carbonyl (C=O) groups is 2. The highest BCUT2D eigenvalue weighted by atomic mass is 32.2. The quantitative estimate of drug-likeness (QED) is 0.602. The summed E-state index contributed by atoms with van der Waals surface area (Å²) in [6.45, 7) is 5.93. The van der Waals surface area contributed by atoms with Gasteiger partial charge in [0.05, 0.1) is 5.56 Å². The van der Waals surface area contributed by atoms with E-state index in [0.29, 0.717) is 35.7 Å². The molecular formula is C21H27FN4O4S. The molecule has 0 atom stereocenters. The van der Waals surface area contributed by atoms with Gasteiger partial charge in [0.25, 0.3) is 5.91 Å². The molecule has 1 fully saturated rings. The average molecular weight is 451 g/mol. The molecule has 3 rings (SSSR count). The molecule has 0 spiro atoms. The van der Waals surface area contributed by atoms with Gasteiger partial charge in [-0.15, -0.1) is 0 Å². The number of hydrogen-bond donors (Lipinski definition) is 3. The van der Waals surface area contributed by atoms with E-state index in [2.05, 4.69) is 15.0 Å². The Morgan fingerprint density at radius 3 is 2.45 bits per heavy atom. The number of nitrogens with zero attached hydrogens (tertiary/aromatic N) is 1. The molecule has 0 aliphatic carbocycles. The van der Waals surface area contributed by atoms with Gasteiger partial charge in [0.15, 0.2) is 0 Å². The maximum atomic E-state index is 13.6. The second-order valence-electron chi connectivity index (χ2n) is 7.74. The molecule has 1 saturated heterocycles. The molecule has 0 bridgehead atoms. The van der Waals surface area contributed by atoms with Crippen molar-refractivity contribution in [2.75, 3.05) is 25.0 Å². The predicted molar refractivity (Wildman–Crippen MR) is 115 cm³/mol. The van der Waals surface area contributed by atoms with E-state index in [9.17, 15) is 22.4 Å². The van der Waals surface area contributed by atoms with Gasteiger partial charge in [-0.3, -0.25) is 9.59 Å². The van der Waals surface area contributed by atoms with Crippen LogP contribution in [0.2, 0.25) is 0 Å². The molecule has 1 aliphatic heterocycles. The van der Waals surface area contributed by atoms with Crippen molar-refractivity contribution in [3.63, 3.8) is 0 Å². The smallest absolute Gasteiger partial charge is 0.257 e. The SMILES string of the molecule is Cc1ccc(NC(=O)CCNS(=O)(=O)c2c(C)[nH]c(C)c2C(=O)N2CCCC2)cc1F. The third-order valence-corrected chi connectivity index (χ3v) is 6.93. The molecule has 2 aromatic rings. The number of halogens is 1. The summed E-state index contributed by atoms with van der Waals surface area (Å²) < 4.78 is 41.9. The van der Waals surface area contributed by atoms with Crippen molar-refractivity contribution in [2.24, 2.45) is 0 Å². The fourth-order valence-electron chi connectivity index (χ4n) is 3.70. The molecule has 168 valence electrons. The van der Waals surface area contributed by atoms with Crippen molar-refractivity contribution in [1.29, 1.82) is 0 Å². The monoisotopic (exact) mass is 450 g/mol. The van der Waals surface area contributed by atoms with Gasteiger partial charge in [0, 0.05) is 43.1 Å². The molecule has 0 saturated carbocycles. The lowest BCUT2D eigenvalue weighted by Crippen LogP contribution is -2.32.